The average Bonchev–Trinajstić information content (AvgIpc) is 3.32. The Morgan fingerprint density at radius 2 is 1.71 bits per heavy atom. The molecule has 0 saturated carbocycles. The summed E-state index contributed by atoms with van der Waals surface area (Å²) < 4.78 is 8.09. The van der Waals surface area contributed by atoms with E-state index in [1.165, 1.54) is 0 Å². The first kappa shape index (κ1) is 22.3. The quantitative estimate of drug-likeness (QED) is 0.630. The Morgan fingerprint density at radius 3 is 2.41 bits per heavy atom. The van der Waals surface area contributed by atoms with E-state index in [0.717, 1.165) is 16.8 Å². The third kappa shape index (κ3) is 4.61. The molecule has 7 heteroatoms. The maximum atomic E-state index is 13.2. The number of nitrogens with zero attached hydrogens (tertiary/aromatic N) is 3. The van der Waals surface area contributed by atoms with Gasteiger partial charge in [0.25, 0.3) is 5.91 Å². The summed E-state index contributed by atoms with van der Waals surface area (Å²) in [6, 6.07) is 20.0. The zero-order valence-electron chi connectivity index (χ0n) is 19.4. The number of fused-ring (bicyclic) bond motifs is 1. The van der Waals surface area contributed by atoms with Gasteiger partial charge in [-0.1, -0.05) is 60.7 Å². The number of aromatic nitrogens is 2. The van der Waals surface area contributed by atoms with Gasteiger partial charge in [-0.15, -0.1) is 0 Å². The normalized spacial score (nSPS) is 19.3. The molecule has 0 spiro atoms. The van der Waals surface area contributed by atoms with Crippen molar-refractivity contribution < 1.29 is 14.3 Å². The zero-order valence-corrected chi connectivity index (χ0v) is 19.4. The van der Waals surface area contributed by atoms with Crippen molar-refractivity contribution >= 4 is 11.8 Å². The Morgan fingerprint density at radius 1 is 1.03 bits per heavy atom. The highest BCUT2D eigenvalue weighted by atomic mass is 16.5. The molecule has 3 aromatic rings. The molecule has 34 heavy (non-hydrogen) atoms. The van der Waals surface area contributed by atoms with Crippen LogP contribution in [0.3, 0.4) is 0 Å². The standard InChI is InChI=1S/C27H30N4O3/c1-19(20-8-4-2-5-9-20)29-26(32)22-12-14-30(15-13-22)27(33)25-23-17-34-24(16-31(23)18-28-25)21-10-6-3-7-11-21/h2-11,18-19,22,24H,12-17H2,1H3,(H,29,32)/t19-,24+/m1/s1. The lowest BCUT2D eigenvalue weighted by molar-refractivity contribution is -0.127. The molecule has 2 aromatic carbocycles. The number of rotatable bonds is 5. The number of hydrogen-bond acceptors (Lipinski definition) is 4. The predicted molar refractivity (Wildman–Crippen MR) is 128 cm³/mol. The van der Waals surface area contributed by atoms with E-state index in [1.807, 2.05) is 64.9 Å². The molecule has 1 saturated heterocycles. The molecule has 0 bridgehead atoms. The summed E-state index contributed by atoms with van der Waals surface area (Å²) in [5.41, 5.74) is 3.50. The van der Waals surface area contributed by atoms with Crippen molar-refractivity contribution in [2.24, 2.45) is 5.92 Å². The number of ether oxygens (including phenoxy) is 1. The van der Waals surface area contributed by atoms with Crippen LogP contribution in [0.15, 0.2) is 67.0 Å². The monoisotopic (exact) mass is 458 g/mol. The summed E-state index contributed by atoms with van der Waals surface area (Å²) in [4.78, 5) is 32.3. The molecule has 0 unspecified atom stereocenters. The molecule has 1 aromatic heterocycles. The van der Waals surface area contributed by atoms with E-state index in [9.17, 15) is 9.59 Å². The highest BCUT2D eigenvalue weighted by Gasteiger charge is 2.32. The molecule has 176 valence electrons. The third-order valence-corrected chi connectivity index (χ3v) is 6.92. The van der Waals surface area contributed by atoms with Gasteiger partial charge in [0, 0.05) is 19.0 Å². The van der Waals surface area contributed by atoms with Crippen molar-refractivity contribution in [2.75, 3.05) is 13.1 Å². The summed E-state index contributed by atoms with van der Waals surface area (Å²) in [5.74, 6) is -0.101. The van der Waals surface area contributed by atoms with E-state index in [2.05, 4.69) is 22.4 Å². The van der Waals surface area contributed by atoms with E-state index >= 15 is 0 Å². The maximum Gasteiger partial charge on any atom is 0.274 e. The Hall–Kier alpha value is -3.45. The minimum Gasteiger partial charge on any atom is -0.365 e. The van der Waals surface area contributed by atoms with Gasteiger partial charge in [-0.05, 0) is 30.9 Å². The van der Waals surface area contributed by atoms with E-state index in [-0.39, 0.29) is 29.9 Å². The van der Waals surface area contributed by atoms with Crippen molar-refractivity contribution in [3.8, 4) is 0 Å². The van der Waals surface area contributed by atoms with Crippen LogP contribution < -0.4 is 5.32 Å². The van der Waals surface area contributed by atoms with Crippen LogP contribution >= 0.6 is 0 Å². The van der Waals surface area contributed by atoms with Gasteiger partial charge in [0.05, 0.1) is 31.2 Å². The SMILES string of the molecule is C[C@@H](NC(=O)C1CCN(C(=O)c2ncn3c2CO[C@H](c2ccccc2)C3)CC1)c1ccccc1. The van der Waals surface area contributed by atoms with Gasteiger partial charge in [0.2, 0.25) is 5.91 Å². The Labute approximate surface area is 199 Å². The molecule has 2 atom stereocenters. The van der Waals surface area contributed by atoms with Gasteiger partial charge in [-0.25, -0.2) is 4.98 Å². The highest BCUT2D eigenvalue weighted by Crippen LogP contribution is 2.29. The van der Waals surface area contributed by atoms with Gasteiger partial charge in [-0.2, -0.15) is 0 Å². The lowest BCUT2D eigenvalue weighted by atomic mass is 9.95. The number of amides is 2. The summed E-state index contributed by atoms with van der Waals surface area (Å²) in [6.07, 6.45) is 3.01. The molecular formula is C27H30N4O3. The Bertz CT molecular complexity index is 1140. The van der Waals surface area contributed by atoms with Crippen LogP contribution in [-0.4, -0.2) is 39.4 Å². The van der Waals surface area contributed by atoms with Crippen molar-refractivity contribution in [3.05, 3.63) is 89.5 Å². The maximum absolute atomic E-state index is 13.2. The smallest absolute Gasteiger partial charge is 0.274 e. The van der Waals surface area contributed by atoms with Crippen LogP contribution in [0.25, 0.3) is 0 Å². The number of imidazole rings is 1. The van der Waals surface area contributed by atoms with Crippen LogP contribution in [0.1, 0.15) is 59.2 Å². The molecule has 1 N–H and O–H groups in total. The Kier molecular flexibility index (Phi) is 6.45. The lowest BCUT2D eigenvalue weighted by Gasteiger charge is -2.32. The second kappa shape index (κ2) is 9.81. The van der Waals surface area contributed by atoms with Gasteiger partial charge in [0.1, 0.15) is 6.10 Å². The van der Waals surface area contributed by atoms with E-state index in [4.69, 9.17) is 4.74 Å². The van der Waals surface area contributed by atoms with Crippen molar-refractivity contribution in [1.29, 1.82) is 0 Å². The zero-order chi connectivity index (χ0) is 23.5. The predicted octanol–water partition coefficient (Wildman–Crippen LogP) is 3.88. The van der Waals surface area contributed by atoms with Crippen molar-refractivity contribution in [1.82, 2.24) is 19.8 Å². The van der Waals surface area contributed by atoms with Crippen LogP contribution in [0.5, 0.6) is 0 Å². The first-order chi connectivity index (χ1) is 16.6. The molecule has 2 amide bonds. The topological polar surface area (TPSA) is 76.5 Å². The van der Waals surface area contributed by atoms with Crippen molar-refractivity contribution in [3.63, 3.8) is 0 Å². The number of piperidine rings is 1. The molecule has 7 nitrogen and oxygen atoms in total. The molecule has 0 radical (unpaired) electrons. The van der Waals surface area contributed by atoms with Gasteiger partial charge in [0.15, 0.2) is 5.69 Å². The number of likely N-dealkylation sites (tertiary alicyclic amines) is 1. The van der Waals surface area contributed by atoms with Gasteiger partial charge in [-0.3, -0.25) is 9.59 Å². The minimum atomic E-state index is -0.0823. The molecule has 0 aliphatic carbocycles. The van der Waals surface area contributed by atoms with Gasteiger partial charge >= 0.3 is 0 Å². The van der Waals surface area contributed by atoms with E-state index in [1.54, 1.807) is 6.33 Å². The summed E-state index contributed by atoms with van der Waals surface area (Å²) in [7, 11) is 0. The summed E-state index contributed by atoms with van der Waals surface area (Å²) in [5, 5.41) is 3.12. The summed E-state index contributed by atoms with van der Waals surface area (Å²) in [6.45, 7) is 4.10. The van der Waals surface area contributed by atoms with Crippen LogP contribution in [0.2, 0.25) is 0 Å². The fraction of sp³-hybridized carbons (Fsp3) is 0.370. The minimum absolute atomic E-state index is 0.0369. The summed E-state index contributed by atoms with van der Waals surface area (Å²) >= 11 is 0. The van der Waals surface area contributed by atoms with Crippen LogP contribution in [-0.2, 0) is 22.7 Å². The van der Waals surface area contributed by atoms with E-state index in [0.29, 0.717) is 44.8 Å². The molecule has 3 heterocycles. The van der Waals surface area contributed by atoms with Crippen molar-refractivity contribution in [2.45, 2.75) is 45.1 Å². The second-order valence-electron chi connectivity index (χ2n) is 9.11. The highest BCUT2D eigenvalue weighted by molar-refractivity contribution is 5.93. The number of carbonyl (C=O) groups is 2. The van der Waals surface area contributed by atoms with Crippen LogP contribution in [0, 0.1) is 5.92 Å². The fourth-order valence-electron chi connectivity index (χ4n) is 4.83. The van der Waals surface area contributed by atoms with Crippen LogP contribution in [0.4, 0.5) is 0 Å². The lowest BCUT2D eigenvalue weighted by Crippen LogP contribution is -2.43. The molecular weight excluding hydrogens is 428 g/mol. The first-order valence-corrected chi connectivity index (χ1v) is 12.0. The number of hydrogen-bond donors (Lipinski definition) is 1. The molecule has 2 aliphatic rings. The van der Waals surface area contributed by atoms with Gasteiger partial charge < -0.3 is 19.5 Å². The molecule has 2 aliphatic heterocycles. The van der Waals surface area contributed by atoms with E-state index < -0.39 is 0 Å². The Balaban J connectivity index is 1.17. The second-order valence-corrected chi connectivity index (χ2v) is 9.11. The fourth-order valence-corrected chi connectivity index (χ4v) is 4.83. The largest absolute Gasteiger partial charge is 0.365 e. The third-order valence-electron chi connectivity index (χ3n) is 6.92. The molecule has 1 fully saturated rings. The average molecular weight is 459 g/mol. The number of carbonyl (C=O) groups excluding carboxylic acids is 2. The molecule has 5 rings (SSSR count). The number of nitrogens with one attached hydrogen (secondary N) is 1. The first-order valence-electron chi connectivity index (χ1n) is 12.0. The number of benzene rings is 2.